The minimum atomic E-state index is -4.50. The van der Waals surface area contributed by atoms with Crippen LogP contribution >= 0.6 is 0 Å². The Bertz CT molecular complexity index is 1700. The second kappa shape index (κ2) is 17.9. The zero-order chi connectivity index (χ0) is 36.1. The molecule has 1 saturated heterocycles. The zero-order valence-corrected chi connectivity index (χ0v) is 28.1. The summed E-state index contributed by atoms with van der Waals surface area (Å²) < 4.78 is 82.3. The normalized spacial score (nSPS) is 13.9. The van der Waals surface area contributed by atoms with Crippen LogP contribution in [0.5, 0.6) is 0 Å². The third-order valence-electron chi connectivity index (χ3n) is 7.63. The molecule has 1 aliphatic rings. The van der Waals surface area contributed by atoms with Gasteiger partial charge < -0.3 is 29.7 Å². The molecular formula is C33H38F3N5O8S. The number of piperazine rings is 1. The summed E-state index contributed by atoms with van der Waals surface area (Å²) in [7, 11) is -2.55. The molecule has 3 aromatic rings. The number of nitrogens with one attached hydrogen (secondary N) is 2. The maximum Gasteiger partial charge on any atom is 0.416 e. The highest BCUT2D eigenvalue weighted by Crippen LogP contribution is 2.31. The van der Waals surface area contributed by atoms with Crippen molar-refractivity contribution in [2.75, 3.05) is 71.2 Å². The molecular weight excluding hydrogens is 683 g/mol. The molecule has 17 heteroatoms. The lowest BCUT2D eigenvalue weighted by molar-refractivity contribution is -0.137. The number of hydrogen-bond donors (Lipinski definition) is 2. The number of nitrogens with zero attached hydrogens (tertiary/aromatic N) is 3. The fourth-order valence-corrected chi connectivity index (χ4v) is 6.27. The van der Waals surface area contributed by atoms with Gasteiger partial charge in [0.05, 0.1) is 49.6 Å². The summed E-state index contributed by atoms with van der Waals surface area (Å²) in [6, 6.07) is 14.0. The zero-order valence-electron chi connectivity index (χ0n) is 27.3. The van der Waals surface area contributed by atoms with Gasteiger partial charge in [-0.3, -0.25) is 9.59 Å². The van der Waals surface area contributed by atoms with Gasteiger partial charge in [0.2, 0.25) is 15.9 Å². The average Bonchev–Trinajstić information content (AvgIpc) is 3.12. The number of carbonyl (C=O) groups is 3. The molecule has 2 amide bonds. The van der Waals surface area contributed by atoms with Crippen LogP contribution in [0.3, 0.4) is 0 Å². The first-order chi connectivity index (χ1) is 23.9. The summed E-state index contributed by atoms with van der Waals surface area (Å²) in [5, 5.41) is 5.46. The van der Waals surface area contributed by atoms with Crippen LogP contribution in [0.15, 0.2) is 71.8 Å². The summed E-state index contributed by atoms with van der Waals surface area (Å²) in [5.41, 5.74) is 0.618. The Labute approximate surface area is 287 Å². The van der Waals surface area contributed by atoms with Crippen molar-refractivity contribution >= 4 is 33.6 Å². The number of alkyl halides is 3. The number of amides is 2. The second-order valence-corrected chi connectivity index (χ2v) is 12.9. The first-order valence-corrected chi connectivity index (χ1v) is 17.1. The smallest absolute Gasteiger partial charge is 0.416 e. The van der Waals surface area contributed by atoms with Gasteiger partial charge >= 0.3 is 12.1 Å². The molecule has 0 saturated carbocycles. The van der Waals surface area contributed by atoms with Crippen molar-refractivity contribution in [2.24, 2.45) is 0 Å². The molecule has 0 aliphatic carbocycles. The van der Waals surface area contributed by atoms with Gasteiger partial charge in [0.25, 0.3) is 5.91 Å². The van der Waals surface area contributed by atoms with Gasteiger partial charge in [-0.25, -0.2) is 18.2 Å². The molecule has 0 atom stereocenters. The monoisotopic (exact) mass is 721 g/mol. The molecule has 13 nitrogen and oxygen atoms in total. The van der Waals surface area contributed by atoms with E-state index in [4.69, 9.17) is 9.47 Å². The Morgan fingerprint density at radius 3 is 2.12 bits per heavy atom. The number of rotatable bonds is 16. The van der Waals surface area contributed by atoms with Crippen molar-refractivity contribution in [1.82, 2.24) is 19.9 Å². The van der Waals surface area contributed by atoms with Gasteiger partial charge in [0, 0.05) is 57.4 Å². The lowest BCUT2D eigenvalue weighted by Gasteiger charge is -2.34. The number of ether oxygens (including phenoxy) is 3. The molecule has 1 aromatic heterocycles. The van der Waals surface area contributed by atoms with E-state index >= 15 is 0 Å². The van der Waals surface area contributed by atoms with Crippen molar-refractivity contribution < 1.29 is 50.2 Å². The van der Waals surface area contributed by atoms with Crippen LogP contribution in [0.4, 0.5) is 19.0 Å². The summed E-state index contributed by atoms with van der Waals surface area (Å²) in [6.45, 7) is 1.95. The molecule has 0 spiro atoms. The van der Waals surface area contributed by atoms with Gasteiger partial charge in [-0.15, -0.1) is 0 Å². The number of anilines is 1. The van der Waals surface area contributed by atoms with E-state index in [1.165, 1.54) is 47.8 Å². The van der Waals surface area contributed by atoms with Crippen LogP contribution in [-0.4, -0.2) is 102 Å². The minimum Gasteiger partial charge on any atom is -0.465 e. The highest BCUT2D eigenvalue weighted by molar-refractivity contribution is 7.89. The highest BCUT2D eigenvalue weighted by atomic mass is 32.2. The van der Waals surface area contributed by atoms with Crippen molar-refractivity contribution in [3.05, 3.63) is 89.1 Å². The minimum absolute atomic E-state index is 0.0722. The number of methoxy groups -OCH3 is 1. The van der Waals surface area contributed by atoms with Crippen LogP contribution in [0.2, 0.25) is 0 Å². The summed E-state index contributed by atoms with van der Waals surface area (Å²) in [4.78, 5) is 41.6. The van der Waals surface area contributed by atoms with E-state index in [1.54, 1.807) is 17.0 Å². The largest absolute Gasteiger partial charge is 0.465 e. The Hall–Kier alpha value is -4.58. The third kappa shape index (κ3) is 11.0. The third-order valence-corrected chi connectivity index (χ3v) is 9.54. The molecule has 50 heavy (non-hydrogen) atoms. The van der Waals surface area contributed by atoms with E-state index in [0.717, 1.165) is 18.3 Å². The predicted molar refractivity (Wildman–Crippen MR) is 175 cm³/mol. The Morgan fingerprint density at radius 1 is 0.840 bits per heavy atom. The van der Waals surface area contributed by atoms with Gasteiger partial charge in [0.15, 0.2) is 0 Å². The fourth-order valence-electron chi connectivity index (χ4n) is 4.84. The fraction of sp³-hybridized carbons (Fsp3) is 0.394. The standard InChI is InChI=1S/C33H38F3N5O8S/c1-47-32(44)26-6-4-25(5-7-26)31(43)38-13-19-49-21-20-48-18-11-30(42)39-23-24-2-8-28(9-3-24)50(45,46)41-16-14-40(15-17-41)29-22-27(10-12-37-29)33(34,35)36/h2-10,12,22H,11,13-21,23H2,1H3,(H,38,43)(H,39,42). The maximum atomic E-state index is 13.2. The molecule has 2 heterocycles. The van der Waals surface area contributed by atoms with Crippen molar-refractivity contribution in [3.63, 3.8) is 0 Å². The molecule has 2 aromatic carbocycles. The molecule has 1 aliphatic heterocycles. The maximum absolute atomic E-state index is 13.2. The van der Waals surface area contributed by atoms with E-state index < -0.39 is 27.7 Å². The van der Waals surface area contributed by atoms with E-state index in [2.05, 4.69) is 20.4 Å². The van der Waals surface area contributed by atoms with Gasteiger partial charge in [-0.1, -0.05) is 12.1 Å². The number of carbonyl (C=O) groups excluding carboxylic acids is 3. The van der Waals surface area contributed by atoms with E-state index in [1.807, 2.05) is 0 Å². The summed E-state index contributed by atoms with van der Waals surface area (Å²) in [6.07, 6.45) is -3.30. The van der Waals surface area contributed by atoms with Crippen LogP contribution in [0.25, 0.3) is 0 Å². The molecule has 270 valence electrons. The molecule has 0 radical (unpaired) electrons. The number of benzene rings is 2. The first-order valence-electron chi connectivity index (χ1n) is 15.6. The van der Waals surface area contributed by atoms with Gasteiger partial charge in [-0.05, 0) is 54.1 Å². The molecule has 1 fully saturated rings. The summed E-state index contributed by atoms with van der Waals surface area (Å²) in [5.74, 6) is -0.904. The quantitative estimate of drug-likeness (QED) is 0.167. The van der Waals surface area contributed by atoms with Crippen LogP contribution in [-0.2, 0) is 41.7 Å². The van der Waals surface area contributed by atoms with Gasteiger partial charge in [-0.2, -0.15) is 17.5 Å². The second-order valence-electron chi connectivity index (χ2n) is 11.0. The number of pyridine rings is 1. The number of hydrogen-bond acceptors (Lipinski definition) is 10. The number of esters is 1. The van der Waals surface area contributed by atoms with Crippen LogP contribution in [0, 0.1) is 0 Å². The average molecular weight is 722 g/mol. The number of sulfonamides is 1. The summed E-state index contributed by atoms with van der Waals surface area (Å²) >= 11 is 0. The Kier molecular flexibility index (Phi) is 13.7. The molecule has 0 bridgehead atoms. The first kappa shape index (κ1) is 38.2. The lowest BCUT2D eigenvalue weighted by Crippen LogP contribution is -2.49. The molecule has 0 unspecified atom stereocenters. The SMILES string of the molecule is COC(=O)c1ccc(C(=O)NCCOCCOCCC(=O)NCc2ccc(S(=O)(=O)N3CCN(c4cc(C(F)(F)F)ccn4)CC3)cc2)cc1. The van der Waals surface area contributed by atoms with E-state index in [9.17, 15) is 36.0 Å². The van der Waals surface area contributed by atoms with E-state index in [0.29, 0.717) is 16.7 Å². The lowest BCUT2D eigenvalue weighted by atomic mass is 10.1. The topological polar surface area (TPSA) is 156 Å². The van der Waals surface area contributed by atoms with Crippen molar-refractivity contribution in [1.29, 1.82) is 0 Å². The molecule has 4 rings (SSSR count). The predicted octanol–water partition coefficient (Wildman–Crippen LogP) is 2.87. The highest BCUT2D eigenvalue weighted by Gasteiger charge is 2.33. The van der Waals surface area contributed by atoms with Crippen LogP contribution < -0.4 is 15.5 Å². The Balaban J connectivity index is 1.07. The van der Waals surface area contributed by atoms with E-state index in [-0.39, 0.29) is 94.6 Å². The Morgan fingerprint density at radius 2 is 1.48 bits per heavy atom. The number of aromatic nitrogens is 1. The molecule has 2 N–H and O–H groups in total. The number of halogens is 3. The van der Waals surface area contributed by atoms with Crippen molar-refractivity contribution in [3.8, 4) is 0 Å². The van der Waals surface area contributed by atoms with Crippen LogP contribution in [0.1, 0.15) is 38.3 Å². The van der Waals surface area contributed by atoms with Crippen molar-refractivity contribution in [2.45, 2.75) is 24.0 Å². The van der Waals surface area contributed by atoms with Gasteiger partial charge in [0.1, 0.15) is 5.82 Å².